The number of rotatable bonds is 4. The van der Waals surface area contributed by atoms with Gasteiger partial charge in [0.2, 0.25) is 5.16 Å². The van der Waals surface area contributed by atoms with Crippen molar-refractivity contribution in [3.05, 3.63) is 28.7 Å². The third-order valence-electron chi connectivity index (χ3n) is 1.92. The molecule has 0 radical (unpaired) electrons. The summed E-state index contributed by atoms with van der Waals surface area (Å²) in [7, 11) is 0. The van der Waals surface area contributed by atoms with Gasteiger partial charge >= 0.3 is 0 Å². The Labute approximate surface area is 106 Å². The van der Waals surface area contributed by atoms with Gasteiger partial charge in [-0.05, 0) is 6.07 Å². The number of aliphatic hydroxyl groups excluding tert-OH is 1. The number of thioether (sulfide) groups is 1. The summed E-state index contributed by atoms with van der Waals surface area (Å²) in [4.78, 5) is 4.33. The third kappa shape index (κ3) is 2.63. The van der Waals surface area contributed by atoms with E-state index in [1.54, 1.807) is 0 Å². The zero-order chi connectivity index (χ0) is 11.4. The van der Waals surface area contributed by atoms with Crippen LogP contribution in [0.25, 0.3) is 11.4 Å². The Kier molecular flexibility index (Phi) is 3.98. The van der Waals surface area contributed by atoms with Crippen molar-refractivity contribution in [1.82, 2.24) is 15.2 Å². The predicted molar refractivity (Wildman–Crippen MR) is 67.3 cm³/mol. The first-order valence-corrected chi connectivity index (χ1v) is 6.50. The Morgan fingerprint density at radius 1 is 1.38 bits per heavy atom. The molecule has 0 saturated heterocycles. The summed E-state index contributed by atoms with van der Waals surface area (Å²) in [6.45, 7) is 0.129. The summed E-state index contributed by atoms with van der Waals surface area (Å²) in [6, 6.07) is 7.82. The van der Waals surface area contributed by atoms with Crippen LogP contribution in [0, 0.1) is 0 Å². The van der Waals surface area contributed by atoms with E-state index in [0.717, 1.165) is 15.9 Å². The molecule has 0 amide bonds. The minimum atomic E-state index is 0.129. The van der Waals surface area contributed by atoms with Crippen molar-refractivity contribution in [1.29, 1.82) is 0 Å². The number of hydrogen-bond donors (Lipinski definition) is 2. The zero-order valence-corrected chi connectivity index (χ0v) is 10.8. The first-order chi connectivity index (χ1) is 7.81. The van der Waals surface area contributed by atoms with Gasteiger partial charge < -0.3 is 5.11 Å². The van der Waals surface area contributed by atoms with Gasteiger partial charge in [0.05, 0.1) is 6.61 Å². The molecule has 2 aromatic rings. The monoisotopic (exact) mass is 299 g/mol. The topological polar surface area (TPSA) is 61.8 Å². The highest BCUT2D eigenvalue weighted by Crippen LogP contribution is 2.26. The fraction of sp³-hybridized carbons (Fsp3) is 0.200. The Balaban J connectivity index is 2.22. The summed E-state index contributed by atoms with van der Waals surface area (Å²) in [6.07, 6.45) is 0. The Hall–Kier alpha value is -0.850. The van der Waals surface area contributed by atoms with E-state index in [-0.39, 0.29) is 6.61 Å². The predicted octanol–water partition coefficient (Wildman–Crippen LogP) is 2.32. The molecule has 0 unspecified atom stereocenters. The largest absolute Gasteiger partial charge is 0.396 e. The minimum absolute atomic E-state index is 0.129. The lowest BCUT2D eigenvalue weighted by Gasteiger charge is -1.97. The molecule has 1 aromatic heterocycles. The van der Waals surface area contributed by atoms with Gasteiger partial charge in [-0.15, -0.1) is 5.10 Å². The molecular weight excluding hydrogens is 290 g/mol. The molecule has 6 heteroatoms. The average Bonchev–Trinajstić information content (AvgIpc) is 2.75. The average molecular weight is 300 g/mol. The molecule has 0 atom stereocenters. The van der Waals surface area contributed by atoms with Crippen molar-refractivity contribution in [3.8, 4) is 11.4 Å². The van der Waals surface area contributed by atoms with Crippen LogP contribution in [0.2, 0.25) is 0 Å². The number of benzene rings is 1. The molecule has 0 fully saturated rings. The van der Waals surface area contributed by atoms with Crippen LogP contribution in [0.4, 0.5) is 0 Å². The van der Waals surface area contributed by atoms with E-state index in [1.807, 2.05) is 24.3 Å². The first kappa shape index (κ1) is 11.6. The van der Waals surface area contributed by atoms with Gasteiger partial charge in [0, 0.05) is 15.8 Å². The maximum absolute atomic E-state index is 8.70. The molecule has 0 bridgehead atoms. The lowest BCUT2D eigenvalue weighted by atomic mass is 10.2. The van der Waals surface area contributed by atoms with E-state index in [4.69, 9.17) is 5.11 Å². The fourth-order valence-corrected chi connectivity index (χ4v) is 2.23. The zero-order valence-electron chi connectivity index (χ0n) is 8.35. The number of aromatic nitrogens is 3. The van der Waals surface area contributed by atoms with Gasteiger partial charge in [0.25, 0.3) is 0 Å². The Morgan fingerprint density at radius 3 is 2.94 bits per heavy atom. The maximum atomic E-state index is 8.70. The first-order valence-electron chi connectivity index (χ1n) is 4.72. The van der Waals surface area contributed by atoms with Crippen LogP contribution in [-0.4, -0.2) is 32.6 Å². The second-order valence-corrected chi connectivity index (χ2v) is 4.93. The van der Waals surface area contributed by atoms with Crippen LogP contribution < -0.4 is 0 Å². The molecule has 0 spiro atoms. The van der Waals surface area contributed by atoms with E-state index >= 15 is 0 Å². The van der Waals surface area contributed by atoms with Crippen molar-refractivity contribution < 1.29 is 5.11 Å². The highest BCUT2D eigenvalue weighted by atomic mass is 79.9. The quantitative estimate of drug-likeness (QED) is 0.851. The molecule has 0 aliphatic rings. The van der Waals surface area contributed by atoms with E-state index < -0.39 is 0 Å². The molecule has 2 rings (SSSR count). The molecule has 0 aliphatic heterocycles. The van der Waals surface area contributed by atoms with Crippen molar-refractivity contribution in [2.45, 2.75) is 5.16 Å². The van der Waals surface area contributed by atoms with E-state index in [2.05, 4.69) is 31.1 Å². The lowest BCUT2D eigenvalue weighted by Crippen LogP contribution is -1.86. The molecule has 16 heavy (non-hydrogen) atoms. The number of nitrogens with one attached hydrogen (secondary N) is 1. The van der Waals surface area contributed by atoms with Crippen molar-refractivity contribution in [2.75, 3.05) is 12.4 Å². The summed E-state index contributed by atoms with van der Waals surface area (Å²) in [5.74, 6) is 1.33. The van der Waals surface area contributed by atoms with Crippen LogP contribution in [0.1, 0.15) is 0 Å². The van der Waals surface area contributed by atoms with E-state index in [1.165, 1.54) is 11.8 Å². The molecule has 84 valence electrons. The van der Waals surface area contributed by atoms with Gasteiger partial charge in [-0.1, -0.05) is 45.9 Å². The molecule has 1 heterocycles. The van der Waals surface area contributed by atoms with Crippen LogP contribution in [-0.2, 0) is 0 Å². The van der Waals surface area contributed by atoms with Crippen LogP contribution in [0.5, 0.6) is 0 Å². The third-order valence-corrected chi connectivity index (χ3v) is 3.44. The number of H-pyrrole nitrogens is 1. The number of aliphatic hydroxyl groups is 1. The second-order valence-electron chi connectivity index (χ2n) is 3.02. The number of nitrogens with zero attached hydrogens (tertiary/aromatic N) is 2. The lowest BCUT2D eigenvalue weighted by molar-refractivity contribution is 0.322. The van der Waals surface area contributed by atoms with Gasteiger partial charge in [0.15, 0.2) is 5.82 Å². The fourth-order valence-electron chi connectivity index (χ4n) is 1.22. The molecule has 2 N–H and O–H groups in total. The van der Waals surface area contributed by atoms with Crippen molar-refractivity contribution in [3.63, 3.8) is 0 Å². The highest BCUT2D eigenvalue weighted by molar-refractivity contribution is 9.10. The molecular formula is C10H10BrN3OS. The number of aromatic amines is 1. The summed E-state index contributed by atoms with van der Waals surface area (Å²) >= 11 is 4.88. The van der Waals surface area contributed by atoms with E-state index in [0.29, 0.717) is 10.9 Å². The minimum Gasteiger partial charge on any atom is -0.396 e. The van der Waals surface area contributed by atoms with Crippen molar-refractivity contribution >= 4 is 27.7 Å². The smallest absolute Gasteiger partial charge is 0.208 e. The standard InChI is InChI=1S/C10H10BrN3OS/c11-8-4-2-1-3-7(8)9-12-10(14-13-9)16-6-5-15/h1-4,15H,5-6H2,(H,12,13,14). The number of hydrogen-bond acceptors (Lipinski definition) is 4. The maximum Gasteiger partial charge on any atom is 0.208 e. The van der Waals surface area contributed by atoms with Crippen molar-refractivity contribution in [2.24, 2.45) is 0 Å². The molecule has 0 aliphatic carbocycles. The van der Waals surface area contributed by atoms with Crippen LogP contribution in [0.3, 0.4) is 0 Å². The van der Waals surface area contributed by atoms with Gasteiger partial charge in [-0.25, -0.2) is 4.98 Å². The highest BCUT2D eigenvalue weighted by Gasteiger charge is 2.08. The molecule has 1 aromatic carbocycles. The molecule has 4 nitrogen and oxygen atoms in total. The SMILES string of the molecule is OCCSc1n[nH]c(-c2ccccc2Br)n1. The Morgan fingerprint density at radius 2 is 2.19 bits per heavy atom. The summed E-state index contributed by atoms with van der Waals surface area (Å²) in [5.41, 5.74) is 0.978. The summed E-state index contributed by atoms with van der Waals surface area (Å²) in [5, 5.41) is 16.3. The molecule has 0 saturated carbocycles. The summed E-state index contributed by atoms with van der Waals surface area (Å²) < 4.78 is 0.977. The van der Waals surface area contributed by atoms with Crippen LogP contribution >= 0.6 is 27.7 Å². The number of halogens is 1. The van der Waals surface area contributed by atoms with Gasteiger partial charge in [-0.3, -0.25) is 5.10 Å². The van der Waals surface area contributed by atoms with Gasteiger partial charge in [0.1, 0.15) is 0 Å². The normalized spacial score (nSPS) is 10.6. The van der Waals surface area contributed by atoms with E-state index in [9.17, 15) is 0 Å². The van der Waals surface area contributed by atoms with Crippen LogP contribution in [0.15, 0.2) is 33.9 Å². The van der Waals surface area contributed by atoms with Gasteiger partial charge in [-0.2, -0.15) is 0 Å². The Bertz CT molecular complexity index is 475. The second kappa shape index (κ2) is 5.47.